The number of carbonyl (C=O) groups excluding carboxylic acids is 4. The van der Waals surface area contributed by atoms with Crippen LogP contribution in [0.15, 0.2) is 0 Å². The van der Waals surface area contributed by atoms with Gasteiger partial charge in [-0.1, -0.05) is 55.4 Å². The molecule has 8 nitrogen and oxygen atoms in total. The SMILES string of the molecule is CC(C)(C)[O][Ti+2][O]C(C)(C)C.CCC(C(=O)[O-])C(=O)C(C)(C)CC.CCC(C(=O)[O-])C(=O)C(C)(C)CC. The van der Waals surface area contributed by atoms with Crippen LogP contribution < -0.4 is 10.2 Å². The van der Waals surface area contributed by atoms with Crippen molar-refractivity contribution >= 4 is 23.5 Å². The van der Waals surface area contributed by atoms with Crippen LogP contribution in [0.4, 0.5) is 0 Å². The molecule has 0 rings (SSSR count). The van der Waals surface area contributed by atoms with Crippen molar-refractivity contribution in [3.63, 3.8) is 0 Å². The first-order valence-corrected chi connectivity index (χ1v) is 14.3. The summed E-state index contributed by atoms with van der Waals surface area (Å²) in [5, 5.41) is 21.2. The number of Topliss-reactive ketones (excluding diaryl/α,β-unsaturated/α-hetero) is 2. The van der Waals surface area contributed by atoms with E-state index in [2.05, 4.69) is 0 Å². The van der Waals surface area contributed by atoms with Gasteiger partial charge in [0, 0.05) is 10.8 Å². The molecule has 0 aliphatic heterocycles. The summed E-state index contributed by atoms with van der Waals surface area (Å²) >= 11 is -0.681. The molecule has 0 spiro atoms. The number of hydrogen-bond acceptors (Lipinski definition) is 8. The Labute approximate surface area is 235 Å². The van der Waals surface area contributed by atoms with E-state index in [0.29, 0.717) is 25.7 Å². The summed E-state index contributed by atoms with van der Waals surface area (Å²) in [5.74, 6) is -4.86. The van der Waals surface area contributed by atoms with Crippen LogP contribution >= 0.6 is 0 Å². The van der Waals surface area contributed by atoms with Gasteiger partial charge >= 0.3 is 79.3 Å². The molecule has 0 aliphatic carbocycles. The second-order valence-electron chi connectivity index (χ2n) is 12.3. The van der Waals surface area contributed by atoms with E-state index in [1.54, 1.807) is 41.5 Å². The van der Waals surface area contributed by atoms with Gasteiger partial charge in [-0.2, -0.15) is 0 Å². The van der Waals surface area contributed by atoms with Gasteiger partial charge in [0.15, 0.2) is 0 Å². The fraction of sp³-hybridized carbons (Fsp3) is 0.857. The Hall–Kier alpha value is -1.09. The Morgan fingerprint density at radius 3 is 0.973 bits per heavy atom. The van der Waals surface area contributed by atoms with Crippen molar-refractivity contribution in [1.82, 2.24) is 0 Å². The van der Waals surface area contributed by atoms with Gasteiger partial charge in [-0.3, -0.25) is 9.59 Å². The van der Waals surface area contributed by atoms with Crippen LogP contribution in [-0.2, 0) is 45.7 Å². The molecular weight excluding hydrogens is 512 g/mol. The molecular formula is C28H52O8Ti. The Kier molecular flexibility index (Phi) is 19.1. The van der Waals surface area contributed by atoms with Crippen molar-refractivity contribution in [2.75, 3.05) is 0 Å². The normalized spacial score (nSPS) is 13.6. The van der Waals surface area contributed by atoms with E-state index in [4.69, 9.17) is 6.64 Å². The van der Waals surface area contributed by atoms with Gasteiger partial charge in [-0.25, -0.2) is 0 Å². The zero-order chi connectivity index (χ0) is 30.4. The maximum absolute atomic E-state index is 11.6. The Morgan fingerprint density at radius 1 is 0.595 bits per heavy atom. The van der Waals surface area contributed by atoms with Crippen molar-refractivity contribution in [3.05, 3.63) is 0 Å². The van der Waals surface area contributed by atoms with Crippen molar-refractivity contribution in [2.24, 2.45) is 22.7 Å². The first-order valence-electron chi connectivity index (χ1n) is 13.0. The van der Waals surface area contributed by atoms with Crippen LogP contribution in [0.3, 0.4) is 0 Å². The van der Waals surface area contributed by atoms with Crippen LogP contribution in [-0.4, -0.2) is 34.7 Å². The van der Waals surface area contributed by atoms with Gasteiger partial charge in [0.25, 0.3) is 0 Å². The molecule has 0 aliphatic rings. The van der Waals surface area contributed by atoms with Gasteiger partial charge in [-0.15, -0.1) is 0 Å². The van der Waals surface area contributed by atoms with Crippen molar-refractivity contribution in [3.8, 4) is 0 Å². The number of ketones is 2. The Bertz CT molecular complexity index is 655. The second kappa shape index (κ2) is 17.5. The molecule has 0 saturated carbocycles. The third-order valence-corrected chi connectivity index (χ3v) is 7.99. The van der Waals surface area contributed by atoms with Crippen LogP contribution in [0.25, 0.3) is 0 Å². The molecule has 0 N–H and O–H groups in total. The molecule has 0 amide bonds. The molecule has 2 unspecified atom stereocenters. The first kappa shape index (κ1) is 40.4. The number of hydrogen-bond donors (Lipinski definition) is 0. The standard InChI is InChI=1S/2C10H18O3.2C4H9O.Ti/c2*1-5-7(9(12)13)8(11)10(3,4)6-2;2*1-4(2,3)5;/h2*7H,5-6H2,1-4H3,(H,12,13);2*1-3H3;/q;;2*-1;+4/p-2. The average molecular weight is 565 g/mol. The summed E-state index contributed by atoms with van der Waals surface area (Å²) in [6, 6.07) is 0. The fourth-order valence-electron chi connectivity index (χ4n) is 2.48. The smallest absolute Gasteiger partial charge is 0.147 e. The van der Waals surface area contributed by atoms with Crippen molar-refractivity contribution < 1.29 is 56.0 Å². The molecule has 0 saturated heterocycles. The molecule has 216 valence electrons. The number of aliphatic carboxylic acids is 2. The first-order chi connectivity index (χ1) is 16.4. The van der Waals surface area contributed by atoms with E-state index in [0.717, 1.165) is 0 Å². The van der Waals surface area contributed by atoms with Gasteiger partial charge < -0.3 is 19.8 Å². The summed E-state index contributed by atoms with van der Waals surface area (Å²) < 4.78 is 11.0. The molecule has 0 aromatic carbocycles. The molecule has 9 heteroatoms. The maximum atomic E-state index is 11.6. The number of carbonyl (C=O) groups is 4. The molecule has 0 heterocycles. The van der Waals surface area contributed by atoms with Crippen molar-refractivity contribution in [2.45, 2.75) is 134 Å². The molecule has 37 heavy (non-hydrogen) atoms. The topological polar surface area (TPSA) is 133 Å². The van der Waals surface area contributed by atoms with Gasteiger partial charge in [0.1, 0.15) is 11.6 Å². The second-order valence-corrected chi connectivity index (χ2v) is 13.2. The minimum Gasteiger partial charge on any atom is -0.549 e. The predicted octanol–water partition coefficient (Wildman–Crippen LogP) is 4.06. The van der Waals surface area contributed by atoms with Crippen molar-refractivity contribution in [1.29, 1.82) is 0 Å². The molecule has 0 aromatic rings. The summed E-state index contributed by atoms with van der Waals surface area (Å²) in [4.78, 5) is 44.5. The number of carboxylic acid groups (broad SMARTS) is 2. The van der Waals surface area contributed by atoms with Crippen LogP contribution in [0.1, 0.15) is 123 Å². The van der Waals surface area contributed by atoms with Crippen LogP contribution in [0.5, 0.6) is 0 Å². The molecule has 0 bridgehead atoms. The van der Waals surface area contributed by atoms with E-state index >= 15 is 0 Å². The van der Waals surface area contributed by atoms with E-state index in [9.17, 15) is 29.4 Å². The van der Waals surface area contributed by atoms with Crippen LogP contribution in [0.2, 0.25) is 0 Å². The molecule has 0 fully saturated rings. The summed E-state index contributed by atoms with van der Waals surface area (Å²) in [6.45, 7) is 26.4. The minimum absolute atomic E-state index is 0.0503. The monoisotopic (exact) mass is 564 g/mol. The largest absolute Gasteiger partial charge is 0.549 e. The Balaban J connectivity index is -0.000000471. The average Bonchev–Trinajstić information content (AvgIpc) is 2.73. The van der Waals surface area contributed by atoms with E-state index < -0.39 is 54.5 Å². The zero-order valence-electron chi connectivity index (χ0n) is 25.7. The van der Waals surface area contributed by atoms with Gasteiger partial charge in [0.05, 0.1) is 23.8 Å². The molecule has 0 radical (unpaired) electrons. The number of rotatable bonds is 12. The van der Waals surface area contributed by atoms with E-state index in [1.165, 1.54) is 0 Å². The van der Waals surface area contributed by atoms with E-state index in [-0.39, 0.29) is 22.8 Å². The maximum Gasteiger partial charge on any atom is 0.147 e. The molecule has 2 atom stereocenters. The predicted molar refractivity (Wildman–Crippen MR) is 137 cm³/mol. The van der Waals surface area contributed by atoms with Crippen LogP contribution in [0, 0.1) is 22.7 Å². The minimum atomic E-state index is -1.26. The summed E-state index contributed by atoms with van der Waals surface area (Å²) in [5.41, 5.74) is -1.21. The third kappa shape index (κ3) is 18.8. The molecule has 0 aromatic heterocycles. The zero-order valence-corrected chi connectivity index (χ0v) is 27.3. The van der Waals surface area contributed by atoms with E-state index in [1.807, 2.05) is 55.4 Å². The van der Waals surface area contributed by atoms with Gasteiger partial charge in [-0.05, 0) is 25.7 Å². The quantitative estimate of drug-likeness (QED) is 0.256. The fourth-order valence-corrected chi connectivity index (χ4v) is 3.33. The number of carboxylic acids is 2. The summed E-state index contributed by atoms with van der Waals surface area (Å²) in [7, 11) is 0. The summed E-state index contributed by atoms with van der Waals surface area (Å²) in [6.07, 6.45) is 1.92. The third-order valence-electron chi connectivity index (χ3n) is 5.82. The Morgan fingerprint density at radius 2 is 0.838 bits per heavy atom. The van der Waals surface area contributed by atoms with Gasteiger partial charge in [0.2, 0.25) is 0 Å².